The van der Waals surface area contributed by atoms with Crippen LogP contribution >= 0.6 is 11.3 Å². The van der Waals surface area contributed by atoms with Gasteiger partial charge < -0.3 is 9.15 Å². The number of furan rings is 1. The zero-order valence-electron chi connectivity index (χ0n) is 15.0. The van der Waals surface area contributed by atoms with Crippen LogP contribution in [0.5, 0.6) is 5.75 Å². The number of methoxy groups -OCH3 is 1. The topological polar surface area (TPSA) is 55.6 Å². The Morgan fingerprint density at radius 1 is 1.19 bits per heavy atom. The third-order valence-electron chi connectivity index (χ3n) is 4.23. The number of thiazole rings is 1. The molecule has 136 valence electrons. The Morgan fingerprint density at radius 3 is 2.78 bits per heavy atom. The first-order chi connectivity index (χ1) is 13.2. The fourth-order valence-electron chi connectivity index (χ4n) is 2.91. The van der Waals surface area contributed by atoms with Crippen LogP contribution in [0.15, 0.2) is 65.3 Å². The predicted octanol–water partition coefficient (Wildman–Crippen LogP) is 5.05. The molecular formula is C21H18N2O3S. The van der Waals surface area contributed by atoms with E-state index in [1.54, 1.807) is 18.3 Å². The van der Waals surface area contributed by atoms with Crippen LogP contribution in [0.2, 0.25) is 0 Å². The number of hydrogen-bond acceptors (Lipinski definition) is 5. The monoisotopic (exact) mass is 378 g/mol. The van der Waals surface area contributed by atoms with E-state index in [0.717, 1.165) is 15.8 Å². The maximum absolute atomic E-state index is 13.3. The second kappa shape index (κ2) is 7.25. The molecule has 2 aromatic carbocycles. The van der Waals surface area contributed by atoms with E-state index in [4.69, 9.17) is 14.1 Å². The SMILES string of the molecule is COc1cccc2sc(N(Cc3ccco3)C(=O)c3cccc(C)c3)nc12. The maximum Gasteiger partial charge on any atom is 0.260 e. The molecule has 2 heterocycles. The molecule has 0 aliphatic rings. The number of rotatable bonds is 5. The highest BCUT2D eigenvalue weighted by atomic mass is 32.1. The van der Waals surface area contributed by atoms with Gasteiger partial charge in [-0.3, -0.25) is 9.69 Å². The summed E-state index contributed by atoms with van der Waals surface area (Å²) >= 11 is 1.46. The molecule has 1 amide bonds. The minimum atomic E-state index is -0.117. The standard InChI is InChI=1S/C21H18N2O3S/c1-14-6-3-7-15(12-14)20(24)23(13-16-8-5-11-26-16)21-22-19-17(25-2)9-4-10-18(19)27-21/h3-12H,13H2,1-2H3. The molecule has 27 heavy (non-hydrogen) atoms. The fourth-order valence-corrected chi connectivity index (χ4v) is 3.89. The number of nitrogens with zero attached hydrogens (tertiary/aromatic N) is 2. The van der Waals surface area contributed by atoms with Gasteiger partial charge in [0, 0.05) is 5.56 Å². The quantitative estimate of drug-likeness (QED) is 0.487. The first-order valence-corrected chi connectivity index (χ1v) is 9.32. The number of benzene rings is 2. The van der Waals surface area contributed by atoms with Gasteiger partial charge in [0.25, 0.3) is 5.91 Å². The Balaban J connectivity index is 1.79. The molecule has 0 N–H and O–H groups in total. The molecule has 0 radical (unpaired) electrons. The van der Waals surface area contributed by atoms with E-state index < -0.39 is 0 Å². The molecule has 4 aromatic rings. The van der Waals surface area contributed by atoms with Crippen molar-refractivity contribution in [3.05, 3.63) is 77.7 Å². The Labute approximate surface area is 160 Å². The highest BCUT2D eigenvalue weighted by molar-refractivity contribution is 7.22. The average Bonchev–Trinajstić information content (AvgIpc) is 3.34. The van der Waals surface area contributed by atoms with E-state index in [1.807, 2.05) is 61.5 Å². The van der Waals surface area contributed by atoms with Crippen molar-refractivity contribution in [2.24, 2.45) is 0 Å². The minimum absolute atomic E-state index is 0.117. The van der Waals surface area contributed by atoms with Gasteiger partial charge in [0.05, 0.1) is 24.6 Å². The Bertz CT molecular complexity index is 1090. The van der Waals surface area contributed by atoms with Crippen LogP contribution in [0.25, 0.3) is 10.2 Å². The van der Waals surface area contributed by atoms with Gasteiger partial charge in [0.15, 0.2) is 5.13 Å². The van der Waals surface area contributed by atoms with Gasteiger partial charge in [0.2, 0.25) is 0 Å². The third-order valence-corrected chi connectivity index (χ3v) is 5.27. The summed E-state index contributed by atoms with van der Waals surface area (Å²) in [6.45, 7) is 2.28. The van der Waals surface area contributed by atoms with Gasteiger partial charge in [-0.05, 0) is 43.3 Å². The molecule has 0 atom stereocenters. The number of amides is 1. The molecule has 0 fully saturated rings. The smallest absolute Gasteiger partial charge is 0.260 e. The molecular weight excluding hydrogens is 360 g/mol. The van der Waals surface area contributed by atoms with Crippen LogP contribution in [-0.4, -0.2) is 18.0 Å². The van der Waals surface area contributed by atoms with Crippen molar-refractivity contribution in [2.45, 2.75) is 13.5 Å². The number of aromatic nitrogens is 1. The van der Waals surface area contributed by atoms with Crippen molar-refractivity contribution in [1.29, 1.82) is 0 Å². The van der Waals surface area contributed by atoms with Crippen molar-refractivity contribution >= 4 is 32.6 Å². The first kappa shape index (κ1) is 17.3. The number of aryl methyl sites for hydroxylation is 1. The van der Waals surface area contributed by atoms with Crippen LogP contribution in [0.1, 0.15) is 21.7 Å². The van der Waals surface area contributed by atoms with Crippen LogP contribution in [0.4, 0.5) is 5.13 Å². The summed E-state index contributed by atoms with van der Waals surface area (Å²) in [5.41, 5.74) is 2.40. The van der Waals surface area contributed by atoms with E-state index >= 15 is 0 Å². The molecule has 0 saturated heterocycles. The largest absolute Gasteiger partial charge is 0.494 e. The van der Waals surface area contributed by atoms with Crippen LogP contribution in [-0.2, 0) is 6.54 Å². The molecule has 4 rings (SSSR count). The molecule has 2 aromatic heterocycles. The van der Waals surface area contributed by atoms with E-state index in [0.29, 0.717) is 28.7 Å². The third kappa shape index (κ3) is 3.44. The van der Waals surface area contributed by atoms with Crippen molar-refractivity contribution in [3.63, 3.8) is 0 Å². The molecule has 0 aliphatic carbocycles. The van der Waals surface area contributed by atoms with Gasteiger partial charge >= 0.3 is 0 Å². The van der Waals surface area contributed by atoms with Crippen LogP contribution in [0.3, 0.4) is 0 Å². The first-order valence-electron chi connectivity index (χ1n) is 8.50. The van der Waals surface area contributed by atoms with E-state index in [-0.39, 0.29) is 5.91 Å². The van der Waals surface area contributed by atoms with Gasteiger partial charge in [-0.2, -0.15) is 0 Å². The Hall–Kier alpha value is -3.12. The Morgan fingerprint density at radius 2 is 2.04 bits per heavy atom. The molecule has 0 spiro atoms. The summed E-state index contributed by atoms with van der Waals surface area (Å²) in [5, 5.41) is 0.609. The summed E-state index contributed by atoms with van der Waals surface area (Å²) in [4.78, 5) is 19.6. The summed E-state index contributed by atoms with van der Waals surface area (Å²) < 4.78 is 11.8. The summed E-state index contributed by atoms with van der Waals surface area (Å²) in [5.74, 6) is 1.27. The number of fused-ring (bicyclic) bond motifs is 1. The van der Waals surface area contributed by atoms with E-state index in [2.05, 4.69) is 0 Å². The number of anilines is 1. The lowest BCUT2D eigenvalue weighted by atomic mass is 10.1. The number of ether oxygens (including phenoxy) is 1. The summed E-state index contributed by atoms with van der Waals surface area (Å²) in [7, 11) is 1.62. The van der Waals surface area contributed by atoms with Gasteiger partial charge in [0.1, 0.15) is 17.0 Å². The zero-order valence-corrected chi connectivity index (χ0v) is 15.8. The summed E-state index contributed by atoms with van der Waals surface area (Å²) in [6.07, 6.45) is 1.60. The zero-order chi connectivity index (χ0) is 18.8. The number of hydrogen-bond donors (Lipinski definition) is 0. The number of carbonyl (C=O) groups excluding carboxylic acids is 1. The highest BCUT2D eigenvalue weighted by Crippen LogP contribution is 2.35. The minimum Gasteiger partial charge on any atom is -0.494 e. The van der Waals surface area contributed by atoms with Crippen molar-refractivity contribution in [3.8, 4) is 5.75 Å². The second-order valence-electron chi connectivity index (χ2n) is 6.14. The normalized spacial score (nSPS) is 10.9. The molecule has 6 heteroatoms. The molecule has 0 aliphatic heterocycles. The molecule has 0 bridgehead atoms. The van der Waals surface area contributed by atoms with Crippen molar-refractivity contribution in [1.82, 2.24) is 4.98 Å². The maximum atomic E-state index is 13.3. The average molecular weight is 378 g/mol. The van der Waals surface area contributed by atoms with E-state index in [9.17, 15) is 4.79 Å². The van der Waals surface area contributed by atoms with Crippen molar-refractivity contribution in [2.75, 3.05) is 12.0 Å². The lowest BCUT2D eigenvalue weighted by Gasteiger charge is -2.19. The number of para-hydroxylation sites is 1. The molecule has 0 unspecified atom stereocenters. The van der Waals surface area contributed by atoms with Gasteiger partial charge in [-0.1, -0.05) is 35.1 Å². The lowest BCUT2D eigenvalue weighted by Crippen LogP contribution is -2.30. The lowest BCUT2D eigenvalue weighted by molar-refractivity contribution is 0.0983. The fraction of sp³-hybridized carbons (Fsp3) is 0.143. The second-order valence-corrected chi connectivity index (χ2v) is 7.15. The molecule has 5 nitrogen and oxygen atoms in total. The highest BCUT2D eigenvalue weighted by Gasteiger charge is 2.23. The van der Waals surface area contributed by atoms with Gasteiger partial charge in [-0.15, -0.1) is 0 Å². The van der Waals surface area contributed by atoms with Crippen LogP contribution < -0.4 is 9.64 Å². The van der Waals surface area contributed by atoms with Crippen molar-refractivity contribution < 1.29 is 13.9 Å². The van der Waals surface area contributed by atoms with E-state index in [1.165, 1.54) is 11.3 Å². The predicted molar refractivity (Wildman–Crippen MR) is 107 cm³/mol. The van der Waals surface area contributed by atoms with Gasteiger partial charge in [-0.25, -0.2) is 4.98 Å². The number of carbonyl (C=O) groups is 1. The molecule has 0 saturated carbocycles. The Kier molecular flexibility index (Phi) is 4.64. The summed E-state index contributed by atoms with van der Waals surface area (Å²) in [6, 6.07) is 17.0. The van der Waals surface area contributed by atoms with Crippen LogP contribution in [0, 0.1) is 6.92 Å².